The van der Waals surface area contributed by atoms with Crippen molar-refractivity contribution >= 4 is 12.0 Å². The van der Waals surface area contributed by atoms with Gasteiger partial charge in [-0.2, -0.15) is 18.3 Å². The summed E-state index contributed by atoms with van der Waals surface area (Å²) < 4.78 is 56.1. The zero-order chi connectivity index (χ0) is 22.2. The lowest BCUT2D eigenvalue weighted by molar-refractivity contribution is -0.209. The van der Waals surface area contributed by atoms with Gasteiger partial charge in [-0.3, -0.25) is 0 Å². The summed E-state index contributed by atoms with van der Waals surface area (Å²) in [7, 11) is 0. The van der Waals surface area contributed by atoms with E-state index in [0.29, 0.717) is 18.8 Å². The molecule has 2 aliphatic heterocycles. The van der Waals surface area contributed by atoms with Crippen molar-refractivity contribution in [3.05, 3.63) is 41.6 Å². The summed E-state index contributed by atoms with van der Waals surface area (Å²) in [5.41, 5.74) is -3.19. The van der Waals surface area contributed by atoms with Crippen molar-refractivity contribution < 1.29 is 27.4 Å². The minimum Gasteiger partial charge on any atom is -0.464 e. The lowest BCUT2D eigenvalue weighted by Gasteiger charge is -2.37. The highest BCUT2D eigenvalue weighted by Gasteiger charge is 2.68. The van der Waals surface area contributed by atoms with Crippen LogP contribution in [0.25, 0.3) is 5.69 Å². The molecule has 0 bridgehead atoms. The molecule has 4 rings (SSSR count). The topological polar surface area (TPSA) is 68.9 Å². The van der Waals surface area contributed by atoms with Gasteiger partial charge < -0.3 is 14.4 Å². The molecule has 0 aliphatic carbocycles. The predicted molar refractivity (Wildman–Crippen MR) is 106 cm³/mol. The van der Waals surface area contributed by atoms with Gasteiger partial charge in [0.05, 0.1) is 23.6 Å². The number of carbonyl (C=O) groups is 1. The minimum atomic E-state index is -5.06. The van der Waals surface area contributed by atoms with E-state index in [4.69, 9.17) is 9.47 Å². The van der Waals surface area contributed by atoms with Crippen molar-refractivity contribution in [1.82, 2.24) is 14.7 Å². The van der Waals surface area contributed by atoms with Crippen molar-refractivity contribution in [1.29, 1.82) is 0 Å². The number of benzene rings is 1. The number of para-hydroxylation sites is 1. The molecule has 10 heteroatoms. The molecule has 0 unspecified atom stereocenters. The maximum absolute atomic E-state index is 14.7. The molecule has 1 atom stereocenters. The Morgan fingerprint density at radius 1 is 1.19 bits per heavy atom. The number of halogens is 3. The number of piperidine rings is 1. The van der Waals surface area contributed by atoms with Gasteiger partial charge in [0, 0.05) is 13.1 Å². The first-order valence-electron chi connectivity index (χ1n) is 10.2. The van der Waals surface area contributed by atoms with E-state index in [1.54, 1.807) is 35.2 Å². The van der Waals surface area contributed by atoms with Gasteiger partial charge in [-0.05, 0) is 45.2 Å². The average molecular weight is 436 g/mol. The second-order valence-electron chi connectivity index (χ2n) is 7.49. The van der Waals surface area contributed by atoms with Crippen LogP contribution in [0.2, 0.25) is 0 Å². The number of rotatable bonds is 3. The van der Waals surface area contributed by atoms with Gasteiger partial charge in [0.1, 0.15) is 0 Å². The van der Waals surface area contributed by atoms with Crippen molar-refractivity contribution in [3.8, 4) is 11.6 Å². The zero-order valence-corrected chi connectivity index (χ0v) is 17.3. The SMILES string of the molecule is CCOC(=O)[C@]1(C(F)(F)F)N=C(N2CCCCC2)Oc2c1c(C)nn2-c1ccccc1. The molecule has 1 fully saturated rings. The van der Waals surface area contributed by atoms with Crippen molar-refractivity contribution in [3.63, 3.8) is 0 Å². The van der Waals surface area contributed by atoms with Crippen LogP contribution in [0.5, 0.6) is 5.88 Å². The van der Waals surface area contributed by atoms with E-state index in [1.165, 1.54) is 18.5 Å². The van der Waals surface area contributed by atoms with Crippen LogP contribution in [0, 0.1) is 6.92 Å². The van der Waals surface area contributed by atoms with Gasteiger partial charge in [0.15, 0.2) is 0 Å². The fourth-order valence-corrected chi connectivity index (χ4v) is 3.99. The van der Waals surface area contributed by atoms with Crippen LogP contribution in [0.3, 0.4) is 0 Å². The molecule has 1 aromatic carbocycles. The zero-order valence-electron chi connectivity index (χ0n) is 17.3. The minimum absolute atomic E-state index is 0.00863. The number of aryl methyl sites for hydroxylation is 1. The number of aliphatic imine (C=N–C) groups is 1. The Bertz CT molecular complexity index is 997. The second-order valence-corrected chi connectivity index (χ2v) is 7.49. The highest BCUT2D eigenvalue weighted by molar-refractivity contribution is 5.92. The Kier molecular flexibility index (Phi) is 5.40. The van der Waals surface area contributed by atoms with Crippen LogP contribution in [-0.2, 0) is 15.1 Å². The first-order valence-corrected chi connectivity index (χ1v) is 10.2. The Hall–Kier alpha value is -3.04. The molecule has 0 spiro atoms. The Morgan fingerprint density at radius 3 is 2.48 bits per heavy atom. The molecule has 0 N–H and O–H groups in total. The van der Waals surface area contributed by atoms with Crippen LogP contribution < -0.4 is 4.74 Å². The predicted octanol–water partition coefficient (Wildman–Crippen LogP) is 3.74. The summed E-state index contributed by atoms with van der Waals surface area (Å²) in [5, 5.41) is 4.29. The Balaban J connectivity index is 1.98. The van der Waals surface area contributed by atoms with Crippen LogP contribution in [0.15, 0.2) is 35.3 Å². The number of fused-ring (bicyclic) bond motifs is 1. The summed E-state index contributed by atoms with van der Waals surface area (Å²) >= 11 is 0. The monoisotopic (exact) mass is 436 g/mol. The number of alkyl halides is 3. The Morgan fingerprint density at radius 2 is 1.87 bits per heavy atom. The van der Waals surface area contributed by atoms with E-state index in [2.05, 4.69) is 10.1 Å². The van der Waals surface area contributed by atoms with Gasteiger partial charge in [-0.25, -0.2) is 14.5 Å². The lowest BCUT2D eigenvalue weighted by Crippen LogP contribution is -2.54. The van der Waals surface area contributed by atoms with Crippen LogP contribution in [0.1, 0.15) is 37.4 Å². The number of amidine groups is 1. The van der Waals surface area contributed by atoms with Crippen LogP contribution in [-0.4, -0.2) is 52.5 Å². The average Bonchev–Trinajstić information content (AvgIpc) is 3.10. The normalized spacial score (nSPS) is 21.2. The number of carbonyl (C=O) groups excluding carboxylic acids is 1. The summed E-state index contributed by atoms with van der Waals surface area (Å²) in [6.07, 6.45) is -2.50. The van der Waals surface area contributed by atoms with Gasteiger partial charge in [-0.15, -0.1) is 0 Å². The highest BCUT2D eigenvalue weighted by atomic mass is 19.4. The second kappa shape index (κ2) is 7.90. The van der Waals surface area contributed by atoms with E-state index in [0.717, 1.165) is 19.3 Å². The maximum Gasteiger partial charge on any atom is 0.429 e. The third kappa shape index (κ3) is 3.43. The third-order valence-electron chi connectivity index (χ3n) is 5.44. The number of nitrogens with zero attached hydrogens (tertiary/aromatic N) is 4. The van der Waals surface area contributed by atoms with Gasteiger partial charge >= 0.3 is 12.1 Å². The highest BCUT2D eigenvalue weighted by Crippen LogP contribution is 2.51. The van der Waals surface area contributed by atoms with Gasteiger partial charge in [0.25, 0.3) is 11.6 Å². The quantitative estimate of drug-likeness (QED) is 0.686. The summed E-state index contributed by atoms with van der Waals surface area (Å²) in [4.78, 5) is 18.4. The van der Waals surface area contributed by atoms with Crippen LogP contribution in [0.4, 0.5) is 13.2 Å². The molecular weight excluding hydrogens is 413 g/mol. The molecule has 3 heterocycles. The molecule has 7 nitrogen and oxygen atoms in total. The molecule has 2 aliphatic rings. The van der Waals surface area contributed by atoms with E-state index in [9.17, 15) is 18.0 Å². The Labute approximate surface area is 177 Å². The molecule has 31 heavy (non-hydrogen) atoms. The van der Waals surface area contributed by atoms with Crippen molar-refractivity contribution in [2.45, 2.75) is 44.8 Å². The summed E-state index contributed by atoms with van der Waals surface area (Å²) in [6, 6.07) is 8.42. The molecule has 0 radical (unpaired) electrons. The number of hydrogen-bond acceptors (Lipinski definition) is 6. The summed E-state index contributed by atoms with van der Waals surface area (Å²) in [5.74, 6) is -1.66. The van der Waals surface area contributed by atoms with E-state index < -0.39 is 23.2 Å². The number of esters is 1. The number of aromatic nitrogens is 2. The molecule has 1 aromatic heterocycles. The summed E-state index contributed by atoms with van der Waals surface area (Å²) in [6.45, 7) is 3.63. The number of ether oxygens (including phenoxy) is 2. The van der Waals surface area contributed by atoms with Crippen molar-refractivity contribution in [2.24, 2.45) is 4.99 Å². The first-order chi connectivity index (χ1) is 14.8. The molecule has 0 saturated carbocycles. The smallest absolute Gasteiger partial charge is 0.429 e. The first kappa shape index (κ1) is 21.2. The van der Waals surface area contributed by atoms with Gasteiger partial charge in [-0.1, -0.05) is 18.2 Å². The molecular formula is C21H23F3N4O3. The lowest BCUT2D eigenvalue weighted by atomic mass is 9.88. The van der Waals surface area contributed by atoms with E-state index in [1.807, 2.05) is 0 Å². The largest absolute Gasteiger partial charge is 0.464 e. The maximum atomic E-state index is 14.7. The number of hydrogen-bond donors (Lipinski definition) is 0. The third-order valence-corrected chi connectivity index (χ3v) is 5.44. The molecule has 166 valence electrons. The van der Waals surface area contributed by atoms with Crippen LogP contribution >= 0.6 is 0 Å². The fraction of sp³-hybridized carbons (Fsp3) is 0.476. The van der Waals surface area contributed by atoms with Crippen molar-refractivity contribution in [2.75, 3.05) is 19.7 Å². The van der Waals surface area contributed by atoms with E-state index >= 15 is 0 Å². The standard InChI is InChI=1S/C21H23F3N4O3/c1-3-30-18(29)20(21(22,23)24)16-14(2)26-28(15-10-6-4-7-11-15)17(16)31-19(25-20)27-12-8-5-9-13-27/h4,6-7,10-11H,3,5,8-9,12-13H2,1-2H3/t20-/m1/s1. The number of likely N-dealkylation sites (tertiary alicyclic amines) is 1. The van der Waals surface area contributed by atoms with E-state index in [-0.39, 0.29) is 24.2 Å². The molecule has 2 aromatic rings. The van der Waals surface area contributed by atoms with Gasteiger partial charge in [0.2, 0.25) is 5.88 Å². The fourth-order valence-electron chi connectivity index (χ4n) is 3.99. The molecule has 0 amide bonds. The molecule has 1 saturated heterocycles.